The summed E-state index contributed by atoms with van der Waals surface area (Å²) in [5.41, 5.74) is 0.945. The minimum Gasteiger partial charge on any atom is -0.469 e. The monoisotopic (exact) mass is 291 g/mol. The SMILES string of the molecule is COC(=O)[C@@H]1CN(C(=O)OCc2ccccc2)CC[C@@H]1C. The topological polar surface area (TPSA) is 55.8 Å². The number of likely N-dealkylation sites (tertiary alicyclic amines) is 1. The van der Waals surface area contributed by atoms with Gasteiger partial charge < -0.3 is 14.4 Å². The summed E-state index contributed by atoms with van der Waals surface area (Å²) in [4.78, 5) is 25.4. The number of nitrogens with zero attached hydrogens (tertiary/aromatic N) is 1. The van der Waals surface area contributed by atoms with Crippen LogP contribution in [0.2, 0.25) is 0 Å². The summed E-state index contributed by atoms with van der Waals surface area (Å²) >= 11 is 0. The van der Waals surface area contributed by atoms with Gasteiger partial charge in [-0.05, 0) is 17.9 Å². The molecule has 0 aromatic heterocycles. The van der Waals surface area contributed by atoms with E-state index in [9.17, 15) is 9.59 Å². The molecule has 0 radical (unpaired) electrons. The maximum atomic E-state index is 12.1. The molecule has 1 heterocycles. The van der Waals surface area contributed by atoms with Crippen molar-refractivity contribution >= 4 is 12.1 Å². The Morgan fingerprint density at radius 2 is 2.00 bits per heavy atom. The Labute approximate surface area is 124 Å². The zero-order valence-electron chi connectivity index (χ0n) is 12.5. The molecule has 1 amide bonds. The zero-order chi connectivity index (χ0) is 15.2. The Kier molecular flexibility index (Phi) is 5.20. The van der Waals surface area contributed by atoms with Crippen molar-refractivity contribution < 1.29 is 19.1 Å². The van der Waals surface area contributed by atoms with Crippen LogP contribution < -0.4 is 0 Å². The summed E-state index contributed by atoms with van der Waals surface area (Å²) < 4.78 is 10.1. The van der Waals surface area contributed by atoms with Crippen LogP contribution in [-0.2, 0) is 20.9 Å². The average Bonchev–Trinajstić information content (AvgIpc) is 2.53. The van der Waals surface area contributed by atoms with Gasteiger partial charge in [-0.1, -0.05) is 37.3 Å². The minimum absolute atomic E-state index is 0.218. The molecule has 5 nitrogen and oxygen atoms in total. The number of amides is 1. The molecule has 5 heteroatoms. The van der Waals surface area contributed by atoms with Crippen LogP contribution >= 0.6 is 0 Å². The molecule has 0 saturated carbocycles. The second-order valence-corrected chi connectivity index (χ2v) is 5.38. The van der Waals surface area contributed by atoms with Crippen LogP contribution in [0, 0.1) is 11.8 Å². The average molecular weight is 291 g/mol. The van der Waals surface area contributed by atoms with Gasteiger partial charge in [0.05, 0.1) is 13.0 Å². The van der Waals surface area contributed by atoms with Crippen molar-refractivity contribution in [1.82, 2.24) is 4.90 Å². The van der Waals surface area contributed by atoms with Gasteiger partial charge >= 0.3 is 12.1 Å². The lowest BCUT2D eigenvalue weighted by molar-refractivity contribution is -0.149. The van der Waals surface area contributed by atoms with E-state index < -0.39 is 0 Å². The summed E-state index contributed by atoms with van der Waals surface area (Å²) in [6, 6.07) is 9.53. The Hall–Kier alpha value is -2.04. The number of rotatable bonds is 3. The molecule has 114 valence electrons. The minimum atomic E-state index is -0.375. The first-order valence-electron chi connectivity index (χ1n) is 7.15. The van der Waals surface area contributed by atoms with Gasteiger partial charge in [-0.3, -0.25) is 4.79 Å². The summed E-state index contributed by atoms with van der Waals surface area (Å²) in [5, 5.41) is 0. The number of ether oxygens (including phenoxy) is 2. The highest BCUT2D eigenvalue weighted by molar-refractivity contribution is 5.75. The third kappa shape index (κ3) is 3.97. The molecule has 0 N–H and O–H groups in total. The van der Waals surface area contributed by atoms with Crippen molar-refractivity contribution in [2.24, 2.45) is 11.8 Å². The predicted octanol–water partition coefficient (Wildman–Crippen LogP) is 2.45. The molecule has 0 aliphatic carbocycles. The lowest BCUT2D eigenvalue weighted by Gasteiger charge is -2.34. The second-order valence-electron chi connectivity index (χ2n) is 5.38. The van der Waals surface area contributed by atoms with Crippen molar-refractivity contribution in [1.29, 1.82) is 0 Å². The first kappa shape index (κ1) is 15.4. The van der Waals surface area contributed by atoms with E-state index in [1.54, 1.807) is 4.90 Å². The maximum absolute atomic E-state index is 12.1. The van der Waals surface area contributed by atoms with Gasteiger partial charge in [-0.2, -0.15) is 0 Å². The summed E-state index contributed by atoms with van der Waals surface area (Å²) in [5.74, 6) is -0.313. The molecule has 1 aromatic rings. The summed E-state index contributed by atoms with van der Waals surface area (Å²) in [7, 11) is 1.38. The van der Waals surface area contributed by atoms with Gasteiger partial charge in [0.1, 0.15) is 6.61 Å². The van der Waals surface area contributed by atoms with E-state index in [1.165, 1.54) is 7.11 Å². The molecule has 0 unspecified atom stereocenters. The molecule has 0 bridgehead atoms. The van der Waals surface area contributed by atoms with E-state index in [1.807, 2.05) is 37.3 Å². The van der Waals surface area contributed by atoms with E-state index in [0.29, 0.717) is 13.1 Å². The first-order valence-corrected chi connectivity index (χ1v) is 7.15. The molecule has 1 aliphatic rings. The highest BCUT2D eigenvalue weighted by Gasteiger charge is 2.34. The van der Waals surface area contributed by atoms with E-state index in [0.717, 1.165) is 12.0 Å². The highest BCUT2D eigenvalue weighted by Crippen LogP contribution is 2.24. The van der Waals surface area contributed by atoms with E-state index in [2.05, 4.69) is 0 Å². The second kappa shape index (κ2) is 7.11. The fourth-order valence-electron chi connectivity index (χ4n) is 2.50. The van der Waals surface area contributed by atoms with Gasteiger partial charge in [0.15, 0.2) is 0 Å². The fourth-order valence-corrected chi connectivity index (χ4v) is 2.50. The van der Waals surface area contributed by atoms with Crippen molar-refractivity contribution in [3.63, 3.8) is 0 Å². The van der Waals surface area contributed by atoms with Crippen molar-refractivity contribution in [3.05, 3.63) is 35.9 Å². The predicted molar refractivity (Wildman–Crippen MR) is 77.5 cm³/mol. The number of carbonyl (C=O) groups excluding carboxylic acids is 2. The van der Waals surface area contributed by atoms with Crippen molar-refractivity contribution in [2.45, 2.75) is 20.0 Å². The molecular weight excluding hydrogens is 270 g/mol. The molecule has 2 rings (SSSR count). The van der Waals surface area contributed by atoms with Crippen molar-refractivity contribution in [2.75, 3.05) is 20.2 Å². The molecular formula is C16H21NO4. The van der Waals surface area contributed by atoms with Crippen LogP contribution in [0.15, 0.2) is 30.3 Å². The van der Waals surface area contributed by atoms with Crippen LogP contribution in [0.25, 0.3) is 0 Å². The number of hydrogen-bond acceptors (Lipinski definition) is 4. The number of benzene rings is 1. The number of carbonyl (C=O) groups is 2. The quantitative estimate of drug-likeness (QED) is 0.803. The fraction of sp³-hybridized carbons (Fsp3) is 0.500. The molecule has 1 aliphatic heterocycles. The Morgan fingerprint density at radius 1 is 1.29 bits per heavy atom. The first-order chi connectivity index (χ1) is 10.1. The lowest BCUT2D eigenvalue weighted by atomic mass is 9.87. The van der Waals surface area contributed by atoms with Gasteiger partial charge in [0, 0.05) is 13.1 Å². The number of esters is 1. The van der Waals surface area contributed by atoms with E-state index in [-0.39, 0.29) is 30.5 Å². The molecule has 2 atom stereocenters. The summed E-state index contributed by atoms with van der Waals surface area (Å²) in [6.07, 6.45) is 0.403. The third-order valence-electron chi connectivity index (χ3n) is 3.93. The normalized spacial score (nSPS) is 21.7. The number of hydrogen-bond donors (Lipinski definition) is 0. The Bertz CT molecular complexity index is 488. The lowest BCUT2D eigenvalue weighted by Crippen LogP contribution is -2.46. The summed E-state index contributed by atoms with van der Waals surface area (Å²) in [6.45, 7) is 3.23. The Morgan fingerprint density at radius 3 is 2.67 bits per heavy atom. The van der Waals surface area contributed by atoms with Gasteiger partial charge in [-0.15, -0.1) is 0 Å². The standard InChI is InChI=1S/C16H21NO4/c1-12-8-9-17(10-14(12)15(18)20-2)16(19)21-11-13-6-4-3-5-7-13/h3-7,12,14H,8-11H2,1-2H3/t12-,14+/m0/s1. The van der Waals surface area contributed by atoms with Crippen LogP contribution in [0.4, 0.5) is 4.79 Å². The van der Waals surface area contributed by atoms with Crippen LogP contribution in [0.1, 0.15) is 18.9 Å². The van der Waals surface area contributed by atoms with E-state index >= 15 is 0 Å². The van der Waals surface area contributed by atoms with Crippen molar-refractivity contribution in [3.8, 4) is 0 Å². The van der Waals surface area contributed by atoms with Gasteiger partial charge in [0.2, 0.25) is 0 Å². The van der Waals surface area contributed by atoms with Crippen LogP contribution in [0.3, 0.4) is 0 Å². The smallest absolute Gasteiger partial charge is 0.410 e. The zero-order valence-corrected chi connectivity index (χ0v) is 12.5. The largest absolute Gasteiger partial charge is 0.469 e. The molecule has 0 spiro atoms. The Balaban J connectivity index is 1.89. The van der Waals surface area contributed by atoms with Gasteiger partial charge in [-0.25, -0.2) is 4.79 Å². The molecule has 1 fully saturated rings. The van der Waals surface area contributed by atoms with Crippen LogP contribution in [-0.4, -0.2) is 37.2 Å². The molecule has 21 heavy (non-hydrogen) atoms. The van der Waals surface area contributed by atoms with Gasteiger partial charge in [0.25, 0.3) is 0 Å². The number of piperidine rings is 1. The van der Waals surface area contributed by atoms with E-state index in [4.69, 9.17) is 9.47 Å². The molecule has 1 saturated heterocycles. The third-order valence-corrected chi connectivity index (χ3v) is 3.93. The maximum Gasteiger partial charge on any atom is 0.410 e. The number of methoxy groups -OCH3 is 1. The molecule has 1 aromatic carbocycles. The highest BCUT2D eigenvalue weighted by atomic mass is 16.6. The van der Waals surface area contributed by atoms with Crippen LogP contribution in [0.5, 0.6) is 0 Å².